The summed E-state index contributed by atoms with van der Waals surface area (Å²) in [4.78, 5) is 8.77. The number of nitrogens with two attached hydrogens (primary N) is 1. The molecule has 0 aliphatic rings. The van der Waals surface area contributed by atoms with Gasteiger partial charge in [0.15, 0.2) is 0 Å². The summed E-state index contributed by atoms with van der Waals surface area (Å²) in [5.74, 6) is 7.58. The van der Waals surface area contributed by atoms with Gasteiger partial charge in [-0.05, 0) is 24.6 Å². The highest BCUT2D eigenvalue weighted by Crippen LogP contribution is 2.27. The summed E-state index contributed by atoms with van der Waals surface area (Å²) in [6.07, 6.45) is 0. The van der Waals surface area contributed by atoms with Crippen LogP contribution in [0.4, 0.5) is 17.3 Å². The first-order valence-electron chi connectivity index (χ1n) is 6.38. The highest BCUT2D eigenvalue weighted by molar-refractivity contribution is 6.33. The van der Waals surface area contributed by atoms with Crippen LogP contribution in [0.5, 0.6) is 0 Å². The monoisotopic (exact) mass is 291 g/mol. The summed E-state index contributed by atoms with van der Waals surface area (Å²) >= 11 is 6.21. The zero-order valence-corrected chi connectivity index (χ0v) is 12.5. The molecule has 0 saturated heterocycles. The molecule has 2 aromatic rings. The molecule has 0 unspecified atom stereocenters. The Labute approximate surface area is 123 Å². The van der Waals surface area contributed by atoms with Gasteiger partial charge in [0, 0.05) is 12.0 Å². The third-order valence-corrected chi connectivity index (χ3v) is 3.11. The first kappa shape index (κ1) is 14.6. The quantitative estimate of drug-likeness (QED) is 0.593. The van der Waals surface area contributed by atoms with Gasteiger partial charge in [0.25, 0.3) is 0 Å². The average Bonchev–Trinajstić information content (AvgIpc) is 2.41. The van der Waals surface area contributed by atoms with E-state index in [4.69, 9.17) is 17.4 Å². The second-order valence-electron chi connectivity index (χ2n) is 4.90. The van der Waals surface area contributed by atoms with Crippen molar-refractivity contribution in [2.24, 2.45) is 5.84 Å². The van der Waals surface area contributed by atoms with E-state index in [2.05, 4.69) is 20.7 Å². The molecule has 5 nitrogen and oxygen atoms in total. The van der Waals surface area contributed by atoms with Gasteiger partial charge in [-0.3, -0.25) is 0 Å². The van der Waals surface area contributed by atoms with Crippen LogP contribution in [0.2, 0.25) is 5.02 Å². The highest BCUT2D eigenvalue weighted by Gasteiger charge is 2.09. The maximum atomic E-state index is 6.21. The predicted octanol–water partition coefficient (Wildman–Crippen LogP) is 3.59. The molecule has 4 N–H and O–H groups in total. The fourth-order valence-corrected chi connectivity index (χ4v) is 2.00. The van der Waals surface area contributed by atoms with Gasteiger partial charge in [-0.2, -0.15) is 0 Å². The lowest BCUT2D eigenvalue weighted by atomic mass is 10.2. The number of aryl methyl sites for hydroxylation is 1. The smallest absolute Gasteiger partial charge is 0.145 e. The number of nitrogens with one attached hydrogen (secondary N) is 2. The molecule has 0 radical (unpaired) electrons. The van der Waals surface area contributed by atoms with Gasteiger partial charge >= 0.3 is 0 Å². The van der Waals surface area contributed by atoms with Crippen LogP contribution in [0.25, 0.3) is 0 Å². The fraction of sp³-hybridized carbons (Fsp3) is 0.286. The van der Waals surface area contributed by atoms with Gasteiger partial charge in [0.2, 0.25) is 0 Å². The second kappa shape index (κ2) is 6.07. The first-order chi connectivity index (χ1) is 9.49. The molecule has 20 heavy (non-hydrogen) atoms. The first-order valence-corrected chi connectivity index (χ1v) is 6.76. The second-order valence-corrected chi connectivity index (χ2v) is 5.31. The molecule has 0 aliphatic carbocycles. The number of aromatic nitrogens is 2. The van der Waals surface area contributed by atoms with Crippen LogP contribution in [-0.4, -0.2) is 9.97 Å². The van der Waals surface area contributed by atoms with Crippen LogP contribution in [0.1, 0.15) is 31.2 Å². The van der Waals surface area contributed by atoms with Crippen LogP contribution in [0.15, 0.2) is 24.3 Å². The Morgan fingerprint density at radius 2 is 1.85 bits per heavy atom. The van der Waals surface area contributed by atoms with Crippen molar-refractivity contribution in [1.82, 2.24) is 9.97 Å². The normalized spacial score (nSPS) is 10.7. The Kier molecular flexibility index (Phi) is 4.42. The third kappa shape index (κ3) is 3.37. The largest absolute Gasteiger partial charge is 0.339 e. The van der Waals surface area contributed by atoms with Crippen molar-refractivity contribution < 1.29 is 0 Å². The van der Waals surface area contributed by atoms with Gasteiger partial charge in [0.1, 0.15) is 17.5 Å². The summed E-state index contributed by atoms with van der Waals surface area (Å²) in [6.45, 7) is 6.05. The number of halogens is 1. The molecule has 0 atom stereocenters. The number of anilines is 3. The molecule has 0 fully saturated rings. The van der Waals surface area contributed by atoms with Crippen LogP contribution < -0.4 is 16.6 Å². The van der Waals surface area contributed by atoms with E-state index in [0.29, 0.717) is 22.5 Å². The van der Waals surface area contributed by atoms with E-state index in [-0.39, 0.29) is 5.92 Å². The SMILES string of the molecule is Cc1ccc(Nc2cc(NN)nc(C(C)C)n2)c(Cl)c1. The molecule has 0 spiro atoms. The van der Waals surface area contributed by atoms with Gasteiger partial charge in [-0.25, -0.2) is 15.8 Å². The molecule has 1 aromatic heterocycles. The van der Waals surface area contributed by atoms with E-state index in [0.717, 1.165) is 11.3 Å². The van der Waals surface area contributed by atoms with Gasteiger partial charge in [0.05, 0.1) is 10.7 Å². The van der Waals surface area contributed by atoms with Crippen molar-refractivity contribution >= 4 is 28.9 Å². The zero-order valence-electron chi connectivity index (χ0n) is 11.7. The Bertz CT molecular complexity index is 613. The molecular weight excluding hydrogens is 274 g/mol. The lowest BCUT2D eigenvalue weighted by Crippen LogP contribution is -2.12. The summed E-state index contributed by atoms with van der Waals surface area (Å²) in [6, 6.07) is 7.55. The van der Waals surface area contributed by atoms with Crippen molar-refractivity contribution in [1.29, 1.82) is 0 Å². The van der Waals surface area contributed by atoms with Crippen molar-refractivity contribution in [3.05, 3.63) is 40.7 Å². The minimum absolute atomic E-state index is 0.206. The molecule has 1 heterocycles. The topological polar surface area (TPSA) is 75.9 Å². The fourth-order valence-electron chi connectivity index (χ4n) is 1.72. The summed E-state index contributed by atoms with van der Waals surface area (Å²) in [7, 11) is 0. The maximum absolute atomic E-state index is 6.21. The molecule has 0 aliphatic heterocycles. The van der Waals surface area contributed by atoms with Gasteiger partial charge in [-0.1, -0.05) is 31.5 Å². The Morgan fingerprint density at radius 1 is 1.15 bits per heavy atom. The van der Waals surface area contributed by atoms with E-state index in [1.165, 1.54) is 0 Å². The van der Waals surface area contributed by atoms with Crippen molar-refractivity contribution in [2.45, 2.75) is 26.7 Å². The zero-order chi connectivity index (χ0) is 14.7. The summed E-state index contributed by atoms with van der Waals surface area (Å²) in [5, 5.41) is 3.84. The van der Waals surface area contributed by atoms with Crippen LogP contribution in [0, 0.1) is 6.92 Å². The van der Waals surface area contributed by atoms with Crippen LogP contribution in [0.3, 0.4) is 0 Å². The van der Waals surface area contributed by atoms with E-state index < -0.39 is 0 Å². The van der Waals surface area contributed by atoms with E-state index in [9.17, 15) is 0 Å². The van der Waals surface area contributed by atoms with Crippen molar-refractivity contribution in [3.63, 3.8) is 0 Å². The van der Waals surface area contributed by atoms with Crippen LogP contribution in [-0.2, 0) is 0 Å². The number of nitrogen functional groups attached to an aromatic ring is 1. The Balaban J connectivity index is 2.34. The maximum Gasteiger partial charge on any atom is 0.145 e. The van der Waals surface area contributed by atoms with Crippen molar-refractivity contribution in [3.8, 4) is 0 Å². The molecular formula is C14H18ClN5. The molecule has 0 amide bonds. The highest BCUT2D eigenvalue weighted by atomic mass is 35.5. The Morgan fingerprint density at radius 3 is 2.45 bits per heavy atom. The summed E-state index contributed by atoms with van der Waals surface area (Å²) < 4.78 is 0. The van der Waals surface area contributed by atoms with Gasteiger partial charge < -0.3 is 10.7 Å². The molecule has 0 bridgehead atoms. The number of nitrogens with zero attached hydrogens (tertiary/aromatic N) is 2. The number of benzene rings is 1. The van der Waals surface area contributed by atoms with Crippen molar-refractivity contribution in [2.75, 3.05) is 10.7 Å². The summed E-state index contributed by atoms with van der Waals surface area (Å²) in [5.41, 5.74) is 4.45. The number of rotatable bonds is 4. The number of hydrogen-bond donors (Lipinski definition) is 3. The number of hydrogen-bond acceptors (Lipinski definition) is 5. The predicted molar refractivity (Wildman–Crippen MR) is 83.4 cm³/mol. The lowest BCUT2D eigenvalue weighted by Gasteiger charge is -2.12. The van der Waals surface area contributed by atoms with Gasteiger partial charge in [-0.15, -0.1) is 0 Å². The molecule has 0 saturated carbocycles. The Hall–Kier alpha value is -1.85. The third-order valence-electron chi connectivity index (χ3n) is 2.80. The minimum Gasteiger partial charge on any atom is -0.339 e. The molecule has 2 rings (SSSR count). The lowest BCUT2D eigenvalue weighted by molar-refractivity contribution is 0.777. The minimum atomic E-state index is 0.206. The molecule has 6 heteroatoms. The molecule has 106 valence electrons. The standard InChI is InChI=1S/C14H18ClN5/c1-8(2)14-18-12(7-13(19-14)20-16)17-11-5-4-9(3)6-10(11)15/h4-8H,16H2,1-3H3,(H2,17,18,19,20). The van der Waals surface area contributed by atoms with Crippen LogP contribution >= 0.6 is 11.6 Å². The van der Waals surface area contributed by atoms with E-state index in [1.54, 1.807) is 6.07 Å². The van der Waals surface area contributed by atoms with E-state index in [1.807, 2.05) is 39.0 Å². The van der Waals surface area contributed by atoms with E-state index >= 15 is 0 Å². The average molecular weight is 292 g/mol. The molecule has 1 aromatic carbocycles. The number of hydrazine groups is 1.